The Labute approximate surface area is 273 Å². The number of para-hydroxylation sites is 1. The molecule has 2 amide bonds. The van der Waals surface area contributed by atoms with Gasteiger partial charge in [0.2, 0.25) is 0 Å². The SMILES string of the molecule is Cc1cc(C(=O)N2Cc3ccc(C(=O)N4CCC(N5CCCCC5)CC4)n3Cc3ccccc32)ccc1-c1ccccc1C(F)(F)F. The molecule has 0 atom stereocenters. The lowest BCUT2D eigenvalue weighted by Gasteiger charge is -2.40. The predicted molar refractivity (Wildman–Crippen MR) is 176 cm³/mol. The molecule has 4 heterocycles. The summed E-state index contributed by atoms with van der Waals surface area (Å²) in [4.78, 5) is 34.3. The normalized spacial score (nSPS) is 17.6. The number of likely N-dealkylation sites (tertiary alicyclic amines) is 2. The second-order valence-electron chi connectivity index (χ2n) is 13.0. The number of carbonyl (C=O) groups is 2. The van der Waals surface area contributed by atoms with Gasteiger partial charge in [-0.3, -0.25) is 9.59 Å². The quantitative estimate of drug-likeness (QED) is 0.229. The lowest BCUT2D eigenvalue weighted by atomic mass is 9.94. The van der Waals surface area contributed by atoms with Gasteiger partial charge in [-0.1, -0.05) is 48.9 Å². The smallest absolute Gasteiger partial charge is 0.337 e. The van der Waals surface area contributed by atoms with E-state index in [0.29, 0.717) is 35.0 Å². The second-order valence-corrected chi connectivity index (χ2v) is 13.0. The van der Waals surface area contributed by atoms with Gasteiger partial charge in [-0.15, -0.1) is 0 Å². The first kappa shape index (κ1) is 31.2. The Kier molecular flexibility index (Phi) is 8.43. The highest BCUT2D eigenvalue weighted by molar-refractivity contribution is 6.07. The van der Waals surface area contributed by atoms with Crippen LogP contribution in [0.5, 0.6) is 0 Å². The van der Waals surface area contributed by atoms with E-state index in [1.807, 2.05) is 45.9 Å². The molecule has 47 heavy (non-hydrogen) atoms. The van der Waals surface area contributed by atoms with E-state index in [9.17, 15) is 22.8 Å². The average Bonchev–Trinajstić information content (AvgIpc) is 3.40. The third-order valence-electron chi connectivity index (χ3n) is 10.1. The number of anilines is 1. The fourth-order valence-electron chi connectivity index (χ4n) is 7.63. The molecule has 0 aliphatic carbocycles. The van der Waals surface area contributed by atoms with Gasteiger partial charge in [0.1, 0.15) is 5.69 Å². The van der Waals surface area contributed by atoms with Gasteiger partial charge in [-0.2, -0.15) is 13.2 Å². The Balaban J connectivity index is 1.14. The summed E-state index contributed by atoms with van der Waals surface area (Å²) in [5, 5.41) is 0. The van der Waals surface area contributed by atoms with Gasteiger partial charge in [0.15, 0.2) is 0 Å². The number of aromatic nitrogens is 1. The number of nitrogens with zero attached hydrogens (tertiary/aromatic N) is 4. The number of rotatable bonds is 4. The zero-order valence-electron chi connectivity index (χ0n) is 26.6. The number of piperidine rings is 2. The number of alkyl halides is 3. The van der Waals surface area contributed by atoms with E-state index in [1.165, 1.54) is 31.4 Å². The van der Waals surface area contributed by atoms with Gasteiger partial charge >= 0.3 is 6.18 Å². The largest absolute Gasteiger partial charge is 0.417 e. The van der Waals surface area contributed by atoms with Crippen LogP contribution < -0.4 is 4.90 Å². The summed E-state index contributed by atoms with van der Waals surface area (Å²) in [6, 6.07) is 22.4. The van der Waals surface area contributed by atoms with Gasteiger partial charge in [0, 0.05) is 36.1 Å². The molecule has 9 heteroatoms. The molecule has 0 N–H and O–H groups in total. The molecule has 0 bridgehead atoms. The minimum Gasteiger partial charge on any atom is -0.337 e. The van der Waals surface area contributed by atoms with Crippen LogP contribution in [0.3, 0.4) is 0 Å². The molecule has 7 rings (SSSR count). The lowest BCUT2D eigenvalue weighted by molar-refractivity contribution is -0.137. The molecular weight excluding hydrogens is 601 g/mol. The standard InChI is InChI=1S/C38H39F3N4O2/c1-26-23-27(13-15-31(26)32-10-4-5-11-33(32)38(39,40)41)36(46)45-25-30-14-16-35(44(30)24-28-9-3-6-12-34(28)45)37(47)43-21-17-29(18-22-43)42-19-7-2-8-20-42/h3-6,9-16,23,29H,2,7-8,17-22,24-25H2,1H3. The second kappa shape index (κ2) is 12.7. The zero-order chi connectivity index (χ0) is 32.7. The zero-order valence-corrected chi connectivity index (χ0v) is 26.6. The lowest BCUT2D eigenvalue weighted by Crippen LogP contribution is -2.48. The average molecular weight is 641 g/mol. The van der Waals surface area contributed by atoms with Gasteiger partial charge in [-0.25, -0.2) is 0 Å². The van der Waals surface area contributed by atoms with Crippen molar-refractivity contribution in [2.45, 2.75) is 64.3 Å². The molecule has 0 radical (unpaired) electrons. The number of hydrogen-bond donors (Lipinski definition) is 0. The van der Waals surface area contributed by atoms with E-state index < -0.39 is 11.7 Å². The molecule has 4 aromatic rings. The Morgan fingerprint density at radius 1 is 0.745 bits per heavy atom. The number of fused-ring (bicyclic) bond motifs is 2. The number of benzene rings is 3. The van der Waals surface area contributed by atoms with Crippen molar-refractivity contribution in [2.75, 3.05) is 31.1 Å². The van der Waals surface area contributed by atoms with E-state index in [4.69, 9.17) is 0 Å². The van der Waals surface area contributed by atoms with Crippen LogP contribution in [0.15, 0.2) is 78.9 Å². The van der Waals surface area contributed by atoms with Gasteiger partial charge in [-0.05, 0) is 104 Å². The molecule has 0 saturated carbocycles. The van der Waals surface area contributed by atoms with Crippen LogP contribution in [0.1, 0.15) is 75.3 Å². The molecule has 3 aliphatic rings. The first-order chi connectivity index (χ1) is 22.7. The Bertz CT molecular complexity index is 1800. The van der Waals surface area contributed by atoms with Crippen LogP contribution in [-0.4, -0.2) is 58.4 Å². The maximum atomic E-state index is 14.2. The van der Waals surface area contributed by atoms with E-state index >= 15 is 0 Å². The van der Waals surface area contributed by atoms with Crippen molar-refractivity contribution in [3.63, 3.8) is 0 Å². The third-order valence-corrected chi connectivity index (χ3v) is 10.1. The van der Waals surface area contributed by atoms with Crippen molar-refractivity contribution < 1.29 is 22.8 Å². The molecule has 6 nitrogen and oxygen atoms in total. The number of hydrogen-bond acceptors (Lipinski definition) is 3. The summed E-state index contributed by atoms with van der Waals surface area (Å²) in [6.07, 6.45) is 1.32. The summed E-state index contributed by atoms with van der Waals surface area (Å²) in [6.45, 7) is 6.26. The molecule has 1 aromatic heterocycles. The fourth-order valence-corrected chi connectivity index (χ4v) is 7.63. The van der Waals surface area contributed by atoms with Crippen LogP contribution in [0.4, 0.5) is 18.9 Å². The van der Waals surface area contributed by atoms with E-state index in [0.717, 1.165) is 62.0 Å². The fraction of sp³-hybridized carbons (Fsp3) is 0.368. The Morgan fingerprint density at radius 3 is 2.21 bits per heavy atom. The number of carbonyl (C=O) groups excluding carboxylic acids is 2. The number of aryl methyl sites for hydroxylation is 1. The number of amides is 2. The summed E-state index contributed by atoms with van der Waals surface area (Å²) < 4.78 is 43.3. The summed E-state index contributed by atoms with van der Waals surface area (Å²) in [7, 11) is 0. The third kappa shape index (κ3) is 6.09. The van der Waals surface area contributed by atoms with Gasteiger partial charge in [0.05, 0.1) is 18.7 Å². The van der Waals surface area contributed by atoms with Crippen LogP contribution >= 0.6 is 0 Å². The Hall–Kier alpha value is -4.37. The highest BCUT2D eigenvalue weighted by atomic mass is 19.4. The van der Waals surface area contributed by atoms with Crippen LogP contribution in [0.2, 0.25) is 0 Å². The van der Waals surface area contributed by atoms with Crippen molar-refractivity contribution >= 4 is 17.5 Å². The summed E-state index contributed by atoms with van der Waals surface area (Å²) in [5.41, 5.74) is 3.94. The van der Waals surface area contributed by atoms with E-state index in [2.05, 4.69) is 4.90 Å². The van der Waals surface area contributed by atoms with Crippen molar-refractivity contribution in [3.05, 3.63) is 113 Å². The molecule has 2 fully saturated rings. The van der Waals surface area contributed by atoms with Crippen molar-refractivity contribution in [2.24, 2.45) is 0 Å². The van der Waals surface area contributed by atoms with Crippen LogP contribution in [-0.2, 0) is 19.3 Å². The van der Waals surface area contributed by atoms with Crippen LogP contribution in [0.25, 0.3) is 11.1 Å². The molecule has 0 spiro atoms. The molecule has 244 valence electrons. The summed E-state index contributed by atoms with van der Waals surface area (Å²) >= 11 is 0. The minimum atomic E-state index is -4.49. The first-order valence-electron chi connectivity index (χ1n) is 16.6. The minimum absolute atomic E-state index is 0.0240. The van der Waals surface area contributed by atoms with E-state index in [-0.39, 0.29) is 23.9 Å². The molecular formula is C38H39F3N4O2. The highest BCUT2D eigenvalue weighted by Crippen LogP contribution is 2.39. The van der Waals surface area contributed by atoms with Crippen molar-refractivity contribution in [3.8, 4) is 11.1 Å². The molecule has 3 aliphatic heterocycles. The topological polar surface area (TPSA) is 48.8 Å². The van der Waals surface area contributed by atoms with Crippen LogP contribution in [0, 0.1) is 6.92 Å². The molecule has 0 unspecified atom stereocenters. The summed E-state index contributed by atoms with van der Waals surface area (Å²) in [5.74, 6) is -0.227. The maximum Gasteiger partial charge on any atom is 0.417 e. The van der Waals surface area contributed by atoms with E-state index in [1.54, 1.807) is 36.1 Å². The molecule has 3 aromatic carbocycles. The monoisotopic (exact) mass is 640 g/mol. The maximum absolute atomic E-state index is 14.2. The van der Waals surface area contributed by atoms with Crippen molar-refractivity contribution in [1.82, 2.24) is 14.4 Å². The first-order valence-corrected chi connectivity index (χ1v) is 16.6. The predicted octanol–water partition coefficient (Wildman–Crippen LogP) is 7.78. The number of halogens is 3. The van der Waals surface area contributed by atoms with Gasteiger partial charge < -0.3 is 19.3 Å². The van der Waals surface area contributed by atoms with Gasteiger partial charge in [0.25, 0.3) is 11.8 Å². The Morgan fingerprint density at radius 2 is 1.47 bits per heavy atom. The molecule has 2 saturated heterocycles. The van der Waals surface area contributed by atoms with Crippen molar-refractivity contribution in [1.29, 1.82) is 0 Å². The highest BCUT2D eigenvalue weighted by Gasteiger charge is 2.34.